The number of ether oxygens (including phenoxy) is 1. The third kappa shape index (κ3) is 3.56. The molecule has 1 saturated heterocycles. The zero-order valence-electron chi connectivity index (χ0n) is 12.0. The molecule has 1 atom stereocenters. The van der Waals surface area contributed by atoms with E-state index in [4.69, 9.17) is 10.5 Å². The first kappa shape index (κ1) is 14.0. The summed E-state index contributed by atoms with van der Waals surface area (Å²) in [5.74, 6) is 0.576. The fraction of sp³-hybridized carbons (Fsp3) is 0.375. The Labute approximate surface area is 124 Å². The van der Waals surface area contributed by atoms with Crippen molar-refractivity contribution in [1.82, 2.24) is 15.1 Å². The Morgan fingerprint density at radius 1 is 1.24 bits per heavy atom. The van der Waals surface area contributed by atoms with E-state index >= 15 is 0 Å². The number of hydrogen-bond donors (Lipinski definition) is 1. The van der Waals surface area contributed by atoms with Gasteiger partial charge in [-0.25, -0.2) is 0 Å². The SMILES string of the molecule is NCc1ccnnc1OC1CCN(Cc2ccccc2)C1. The van der Waals surface area contributed by atoms with Crippen molar-refractivity contribution in [3.63, 3.8) is 0 Å². The Kier molecular flexibility index (Phi) is 4.43. The molecule has 0 aliphatic carbocycles. The van der Waals surface area contributed by atoms with Gasteiger partial charge in [0.2, 0.25) is 5.88 Å². The van der Waals surface area contributed by atoms with E-state index in [0.717, 1.165) is 31.6 Å². The summed E-state index contributed by atoms with van der Waals surface area (Å²) in [7, 11) is 0. The second-order valence-electron chi connectivity index (χ2n) is 5.31. The lowest BCUT2D eigenvalue weighted by Gasteiger charge is -2.17. The standard InChI is InChI=1S/C16H20N4O/c17-10-14-6-8-18-19-16(14)21-15-7-9-20(12-15)11-13-4-2-1-3-5-13/h1-6,8,15H,7,9-12,17H2. The molecular weight excluding hydrogens is 264 g/mol. The van der Waals surface area contributed by atoms with E-state index < -0.39 is 0 Å². The van der Waals surface area contributed by atoms with Crippen molar-refractivity contribution in [1.29, 1.82) is 0 Å². The highest BCUT2D eigenvalue weighted by Crippen LogP contribution is 2.20. The van der Waals surface area contributed by atoms with E-state index in [1.54, 1.807) is 6.20 Å². The van der Waals surface area contributed by atoms with Crippen LogP contribution in [-0.4, -0.2) is 34.3 Å². The Balaban J connectivity index is 1.57. The van der Waals surface area contributed by atoms with Gasteiger partial charge in [0.25, 0.3) is 0 Å². The minimum atomic E-state index is 0.163. The first-order chi connectivity index (χ1) is 10.3. The van der Waals surface area contributed by atoms with Gasteiger partial charge in [-0.05, 0) is 18.1 Å². The van der Waals surface area contributed by atoms with Gasteiger partial charge < -0.3 is 10.5 Å². The number of benzene rings is 1. The average Bonchev–Trinajstić information content (AvgIpc) is 2.96. The molecule has 5 heteroatoms. The van der Waals surface area contributed by atoms with Gasteiger partial charge in [0, 0.05) is 31.7 Å². The van der Waals surface area contributed by atoms with E-state index in [1.807, 2.05) is 12.1 Å². The number of nitrogens with zero attached hydrogens (tertiary/aromatic N) is 3. The molecule has 110 valence electrons. The number of rotatable bonds is 5. The van der Waals surface area contributed by atoms with Crippen molar-refractivity contribution in [2.24, 2.45) is 5.73 Å². The van der Waals surface area contributed by atoms with Crippen molar-refractivity contribution in [2.45, 2.75) is 25.6 Å². The fourth-order valence-electron chi connectivity index (χ4n) is 2.64. The first-order valence-electron chi connectivity index (χ1n) is 7.28. The monoisotopic (exact) mass is 284 g/mol. The van der Waals surface area contributed by atoms with Crippen molar-refractivity contribution in [2.75, 3.05) is 13.1 Å². The van der Waals surface area contributed by atoms with Gasteiger partial charge in [-0.3, -0.25) is 4.90 Å². The average molecular weight is 284 g/mol. The lowest BCUT2D eigenvalue weighted by Crippen LogP contribution is -2.25. The lowest BCUT2D eigenvalue weighted by molar-refractivity contribution is 0.187. The molecule has 21 heavy (non-hydrogen) atoms. The minimum absolute atomic E-state index is 0.163. The van der Waals surface area contributed by atoms with Gasteiger partial charge in [0.05, 0.1) is 6.20 Å². The van der Waals surface area contributed by atoms with Crippen molar-refractivity contribution < 1.29 is 4.74 Å². The summed E-state index contributed by atoms with van der Waals surface area (Å²) in [5, 5.41) is 7.93. The molecule has 3 rings (SSSR count). The summed E-state index contributed by atoms with van der Waals surface area (Å²) >= 11 is 0. The summed E-state index contributed by atoms with van der Waals surface area (Å²) in [5.41, 5.74) is 7.94. The van der Waals surface area contributed by atoms with Crippen LogP contribution in [-0.2, 0) is 13.1 Å². The number of hydrogen-bond acceptors (Lipinski definition) is 5. The predicted molar refractivity (Wildman–Crippen MR) is 80.7 cm³/mol. The maximum Gasteiger partial charge on any atom is 0.238 e. The molecule has 2 heterocycles. The molecule has 1 aromatic heterocycles. The van der Waals surface area contributed by atoms with Gasteiger partial charge in [0.15, 0.2) is 0 Å². The summed E-state index contributed by atoms with van der Waals surface area (Å²) < 4.78 is 5.97. The van der Waals surface area contributed by atoms with Gasteiger partial charge in [0.1, 0.15) is 6.10 Å². The molecule has 2 N–H and O–H groups in total. The van der Waals surface area contributed by atoms with E-state index in [2.05, 4.69) is 39.4 Å². The topological polar surface area (TPSA) is 64.3 Å². The predicted octanol–water partition coefficient (Wildman–Crippen LogP) is 1.59. The Bertz CT molecular complexity index is 575. The second kappa shape index (κ2) is 6.65. The zero-order valence-corrected chi connectivity index (χ0v) is 12.0. The van der Waals surface area contributed by atoms with Crippen molar-refractivity contribution in [3.8, 4) is 5.88 Å². The molecule has 0 spiro atoms. The smallest absolute Gasteiger partial charge is 0.238 e. The quantitative estimate of drug-likeness (QED) is 0.903. The molecule has 1 unspecified atom stereocenters. The van der Waals surface area contributed by atoms with Gasteiger partial charge in [-0.15, -0.1) is 5.10 Å². The number of aromatic nitrogens is 2. The van der Waals surface area contributed by atoms with E-state index in [-0.39, 0.29) is 6.10 Å². The number of likely N-dealkylation sites (tertiary alicyclic amines) is 1. The van der Waals surface area contributed by atoms with Crippen LogP contribution in [0.3, 0.4) is 0 Å². The Morgan fingerprint density at radius 2 is 2.10 bits per heavy atom. The minimum Gasteiger partial charge on any atom is -0.472 e. The second-order valence-corrected chi connectivity index (χ2v) is 5.31. The maximum atomic E-state index is 5.97. The maximum absolute atomic E-state index is 5.97. The van der Waals surface area contributed by atoms with E-state index in [0.29, 0.717) is 12.4 Å². The molecule has 2 aromatic rings. The normalized spacial score (nSPS) is 18.8. The van der Waals surface area contributed by atoms with Gasteiger partial charge in [-0.1, -0.05) is 30.3 Å². The third-order valence-electron chi connectivity index (χ3n) is 3.74. The highest BCUT2D eigenvalue weighted by molar-refractivity contribution is 5.23. The van der Waals surface area contributed by atoms with Crippen molar-refractivity contribution in [3.05, 3.63) is 53.7 Å². The molecule has 0 amide bonds. The van der Waals surface area contributed by atoms with Gasteiger partial charge >= 0.3 is 0 Å². The molecule has 0 bridgehead atoms. The third-order valence-corrected chi connectivity index (χ3v) is 3.74. The summed E-state index contributed by atoms with van der Waals surface area (Å²) in [6.07, 6.45) is 2.81. The Hall–Kier alpha value is -1.98. The van der Waals surface area contributed by atoms with Gasteiger partial charge in [-0.2, -0.15) is 5.10 Å². The van der Waals surface area contributed by atoms with Crippen LogP contribution in [0.1, 0.15) is 17.5 Å². The largest absolute Gasteiger partial charge is 0.472 e. The van der Waals surface area contributed by atoms with Crippen LogP contribution in [0.25, 0.3) is 0 Å². The van der Waals surface area contributed by atoms with Crippen LogP contribution in [0.4, 0.5) is 0 Å². The Morgan fingerprint density at radius 3 is 2.90 bits per heavy atom. The summed E-state index contributed by atoms with van der Waals surface area (Å²) in [6.45, 7) is 3.34. The van der Waals surface area contributed by atoms with E-state index in [1.165, 1.54) is 5.56 Å². The van der Waals surface area contributed by atoms with Crippen LogP contribution < -0.4 is 10.5 Å². The summed E-state index contributed by atoms with van der Waals surface area (Å²) in [6, 6.07) is 12.4. The zero-order chi connectivity index (χ0) is 14.5. The van der Waals surface area contributed by atoms with Crippen molar-refractivity contribution >= 4 is 0 Å². The fourth-order valence-corrected chi connectivity index (χ4v) is 2.64. The molecule has 1 aliphatic rings. The van der Waals surface area contributed by atoms with Crippen LogP contribution in [0, 0.1) is 0 Å². The first-order valence-corrected chi connectivity index (χ1v) is 7.28. The molecule has 0 radical (unpaired) electrons. The van der Waals surface area contributed by atoms with Crippen LogP contribution in [0.5, 0.6) is 5.88 Å². The lowest BCUT2D eigenvalue weighted by atomic mass is 10.2. The molecule has 1 aliphatic heterocycles. The summed E-state index contributed by atoms with van der Waals surface area (Å²) in [4.78, 5) is 2.40. The molecular formula is C16H20N4O. The molecule has 1 fully saturated rings. The molecule has 0 saturated carbocycles. The van der Waals surface area contributed by atoms with E-state index in [9.17, 15) is 0 Å². The molecule has 5 nitrogen and oxygen atoms in total. The molecule has 1 aromatic carbocycles. The highest BCUT2D eigenvalue weighted by atomic mass is 16.5. The van der Waals surface area contributed by atoms with Crippen LogP contribution in [0.15, 0.2) is 42.6 Å². The van der Waals surface area contributed by atoms with Crippen LogP contribution >= 0.6 is 0 Å². The van der Waals surface area contributed by atoms with Crippen LogP contribution in [0.2, 0.25) is 0 Å². The highest BCUT2D eigenvalue weighted by Gasteiger charge is 2.25. The number of nitrogens with two attached hydrogens (primary N) is 1.